The van der Waals surface area contributed by atoms with E-state index in [-0.39, 0.29) is 24.0 Å². The number of carbonyl (C=O) groups is 1. The van der Waals surface area contributed by atoms with Crippen LogP contribution < -0.4 is 4.90 Å². The minimum Gasteiger partial charge on any atom is -0.372 e. The van der Waals surface area contributed by atoms with Crippen molar-refractivity contribution < 1.29 is 25.1 Å². The molecular formula is C37H50N2O5. The molecule has 0 saturated carbocycles. The highest BCUT2D eigenvalue weighted by Crippen LogP contribution is 2.31. The van der Waals surface area contributed by atoms with Crippen molar-refractivity contribution in [1.82, 2.24) is 4.57 Å². The first-order valence-corrected chi connectivity index (χ1v) is 16.4. The smallest absolute Gasteiger partial charge is 0.150 e. The zero-order valence-electron chi connectivity index (χ0n) is 26.6. The first-order valence-electron chi connectivity index (χ1n) is 16.4. The monoisotopic (exact) mass is 602 g/mol. The molecule has 0 aliphatic rings. The van der Waals surface area contributed by atoms with Crippen molar-refractivity contribution in [3.05, 3.63) is 78.4 Å². The molecule has 7 heteroatoms. The van der Waals surface area contributed by atoms with Gasteiger partial charge in [0.25, 0.3) is 0 Å². The number of benzene rings is 3. The molecule has 4 unspecified atom stereocenters. The van der Waals surface area contributed by atoms with Crippen molar-refractivity contribution in [1.29, 1.82) is 0 Å². The molecule has 0 radical (unpaired) electrons. The molecule has 1 aromatic heterocycles. The Hall–Kier alpha value is -3.23. The van der Waals surface area contributed by atoms with Crippen LogP contribution >= 0.6 is 0 Å². The molecule has 0 amide bonds. The van der Waals surface area contributed by atoms with Gasteiger partial charge in [-0.25, -0.2) is 9.78 Å². The topological polar surface area (TPSA) is 84.2 Å². The summed E-state index contributed by atoms with van der Waals surface area (Å²) < 4.78 is 2.38. The average molecular weight is 603 g/mol. The predicted octanol–water partition coefficient (Wildman–Crippen LogP) is 9.24. The number of unbranched alkanes of at least 4 members (excludes halogenated alkanes) is 2. The van der Waals surface area contributed by atoms with Crippen LogP contribution in [-0.4, -0.2) is 46.7 Å². The number of para-hydroxylation sites is 2. The molecule has 0 saturated heterocycles. The molecule has 3 aromatic carbocycles. The Balaban J connectivity index is 1.24. The number of fused-ring (bicyclic) bond motifs is 3. The SMILES string of the molecule is CCC(CC(C)C(CCCCCN(CC)c1ccc(C=O)cc1)OO)C(CCCn1c2ccccc2c2ccccc21)OO. The largest absolute Gasteiger partial charge is 0.372 e. The maximum absolute atomic E-state index is 10.9. The fourth-order valence-corrected chi connectivity index (χ4v) is 6.78. The average Bonchev–Trinajstić information content (AvgIpc) is 3.39. The highest BCUT2D eigenvalue weighted by atomic mass is 17.1. The van der Waals surface area contributed by atoms with Gasteiger partial charge in [0.2, 0.25) is 0 Å². The van der Waals surface area contributed by atoms with Crippen LogP contribution in [-0.2, 0) is 16.3 Å². The fourth-order valence-electron chi connectivity index (χ4n) is 6.78. The Kier molecular flexibility index (Phi) is 13.2. The summed E-state index contributed by atoms with van der Waals surface area (Å²) in [6, 6.07) is 24.8. The van der Waals surface area contributed by atoms with Crippen LogP contribution in [0.5, 0.6) is 0 Å². The molecule has 0 bridgehead atoms. The van der Waals surface area contributed by atoms with E-state index in [0.29, 0.717) is 5.56 Å². The molecular weight excluding hydrogens is 552 g/mol. The number of aromatic nitrogens is 1. The molecule has 4 aromatic rings. The summed E-state index contributed by atoms with van der Waals surface area (Å²) in [5.74, 6) is 0.290. The maximum atomic E-state index is 10.9. The van der Waals surface area contributed by atoms with Crippen LogP contribution in [0.4, 0.5) is 5.69 Å². The molecule has 238 valence electrons. The Morgan fingerprint density at radius 3 is 1.98 bits per heavy atom. The van der Waals surface area contributed by atoms with Gasteiger partial charge in [-0.3, -0.25) is 15.3 Å². The summed E-state index contributed by atoms with van der Waals surface area (Å²) in [7, 11) is 0. The van der Waals surface area contributed by atoms with Crippen LogP contribution in [0.3, 0.4) is 0 Å². The summed E-state index contributed by atoms with van der Waals surface area (Å²) >= 11 is 0. The summed E-state index contributed by atoms with van der Waals surface area (Å²) in [5, 5.41) is 22.2. The molecule has 1 heterocycles. The van der Waals surface area contributed by atoms with Gasteiger partial charge in [0.15, 0.2) is 0 Å². The van der Waals surface area contributed by atoms with E-state index in [0.717, 1.165) is 83.0 Å². The number of rotatable bonds is 20. The normalized spacial score (nSPS) is 14.5. The van der Waals surface area contributed by atoms with Gasteiger partial charge >= 0.3 is 0 Å². The number of aryl methyl sites for hydroxylation is 1. The lowest BCUT2D eigenvalue weighted by Gasteiger charge is -2.29. The Bertz CT molecular complexity index is 1370. The second-order valence-electron chi connectivity index (χ2n) is 12.1. The summed E-state index contributed by atoms with van der Waals surface area (Å²) in [6.45, 7) is 9.10. The quantitative estimate of drug-likeness (QED) is 0.0454. The summed E-state index contributed by atoms with van der Waals surface area (Å²) in [5.41, 5.74) is 4.28. The third-order valence-electron chi connectivity index (χ3n) is 9.37. The van der Waals surface area contributed by atoms with E-state index in [1.165, 1.54) is 21.8 Å². The van der Waals surface area contributed by atoms with Crippen LogP contribution in [0.1, 0.15) is 82.5 Å². The Morgan fingerprint density at radius 2 is 1.41 bits per heavy atom. The number of carbonyl (C=O) groups excluding carboxylic acids is 1. The molecule has 44 heavy (non-hydrogen) atoms. The first-order chi connectivity index (χ1) is 21.5. The van der Waals surface area contributed by atoms with Gasteiger partial charge in [0.1, 0.15) is 6.29 Å². The number of hydrogen-bond donors (Lipinski definition) is 2. The number of aldehydes is 1. The Morgan fingerprint density at radius 1 is 0.795 bits per heavy atom. The molecule has 2 N–H and O–H groups in total. The molecule has 0 spiro atoms. The minimum absolute atomic E-state index is 0.128. The van der Waals surface area contributed by atoms with Gasteiger partial charge < -0.3 is 9.47 Å². The number of anilines is 1. The van der Waals surface area contributed by atoms with E-state index < -0.39 is 0 Å². The van der Waals surface area contributed by atoms with E-state index >= 15 is 0 Å². The predicted molar refractivity (Wildman–Crippen MR) is 179 cm³/mol. The van der Waals surface area contributed by atoms with E-state index in [1.54, 1.807) is 0 Å². The van der Waals surface area contributed by atoms with Crippen molar-refractivity contribution >= 4 is 33.8 Å². The number of nitrogens with zero attached hydrogens (tertiary/aromatic N) is 2. The minimum atomic E-state index is -0.268. The zero-order valence-corrected chi connectivity index (χ0v) is 26.6. The first kappa shape index (κ1) is 33.7. The second kappa shape index (κ2) is 17.3. The highest BCUT2D eigenvalue weighted by Gasteiger charge is 2.27. The van der Waals surface area contributed by atoms with Crippen LogP contribution in [0.15, 0.2) is 72.8 Å². The van der Waals surface area contributed by atoms with Crippen LogP contribution in [0, 0.1) is 11.8 Å². The lowest BCUT2D eigenvalue weighted by Crippen LogP contribution is -2.29. The third-order valence-corrected chi connectivity index (χ3v) is 9.37. The van der Waals surface area contributed by atoms with Gasteiger partial charge in [0, 0.05) is 52.7 Å². The van der Waals surface area contributed by atoms with E-state index in [4.69, 9.17) is 9.78 Å². The van der Waals surface area contributed by atoms with Crippen molar-refractivity contribution in [2.24, 2.45) is 11.8 Å². The van der Waals surface area contributed by atoms with Crippen molar-refractivity contribution in [2.75, 3.05) is 18.0 Å². The van der Waals surface area contributed by atoms with Crippen molar-refractivity contribution in [2.45, 2.75) is 90.9 Å². The molecule has 0 aliphatic heterocycles. The maximum Gasteiger partial charge on any atom is 0.150 e. The molecule has 0 fully saturated rings. The van der Waals surface area contributed by atoms with Crippen LogP contribution in [0.25, 0.3) is 21.8 Å². The van der Waals surface area contributed by atoms with E-state index in [1.807, 2.05) is 24.3 Å². The van der Waals surface area contributed by atoms with Gasteiger partial charge in [-0.05, 0) is 87.3 Å². The molecule has 4 rings (SSSR count). The highest BCUT2D eigenvalue weighted by molar-refractivity contribution is 6.07. The summed E-state index contributed by atoms with van der Waals surface area (Å²) in [4.78, 5) is 23.3. The van der Waals surface area contributed by atoms with Gasteiger partial charge in [-0.15, -0.1) is 0 Å². The second-order valence-corrected chi connectivity index (χ2v) is 12.1. The molecule has 7 nitrogen and oxygen atoms in total. The van der Waals surface area contributed by atoms with Crippen molar-refractivity contribution in [3.8, 4) is 0 Å². The standard InChI is InChI=1S/C37H50N2O5/c1-4-30(37(44-42)19-13-25-39-34-16-10-8-14-32(34)33-15-9-11-17-35(33)39)26-28(3)36(43-41)18-7-6-12-24-38(5-2)31-22-20-29(27-40)21-23-31/h8-11,14-17,20-23,27-28,30,36-37,41-42H,4-7,12-13,18-19,24-26H2,1-3H3. The fraction of sp³-hybridized carbons (Fsp3) is 0.486. The lowest BCUT2D eigenvalue weighted by molar-refractivity contribution is -0.302. The van der Waals surface area contributed by atoms with Crippen LogP contribution in [0.2, 0.25) is 0 Å². The molecule has 0 aliphatic carbocycles. The lowest BCUT2D eigenvalue weighted by atomic mass is 9.84. The Labute approximate surface area is 262 Å². The third kappa shape index (κ3) is 8.48. The number of hydrogen-bond acceptors (Lipinski definition) is 6. The summed E-state index contributed by atoms with van der Waals surface area (Å²) in [6.07, 6.45) is 7.50. The van der Waals surface area contributed by atoms with Crippen molar-refractivity contribution in [3.63, 3.8) is 0 Å². The van der Waals surface area contributed by atoms with E-state index in [9.17, 15) is 15.3 Å². The van der Waals surface area contributed by atoms with E-state index in [2.05, 4.69) is 78.8 Å². The van der Waals surface area contributed by atoms with Gasteiger partial charge in [0.05, 0.1) is 12.2 Å². The van der Waals surface area contributed by atoms with Gasteiger partial charge in [-0.2, -0.15) is 0 Å². The molecule has 4 atom stereocenters. The van der Waals surface area contributed by atoms with Gasteiger partial charge in [-0.1, -0.05) is 69.5 Å². The zero-order chi connectivity index (χ0) is 31.3.